The summed E-state index contributed by atoms with van der Waals surface area (Å²) in [4.78, 5) is 11.7. The molecule has 1 aromatic carbocycles. The van der Waals surface area contributed by atoms with Crippen LogP contribution in [0.15, 0.2) is 18.2 Å². The van der Waals surface area contributed by atoms with Crippen molar-refractivity contribution in [1.82, 2.24) is 5.32 Å². The van der Waals surface area contributed by atoms with Gasteiger partial charge in [0.15, 0.2) is 0 Å². The van der Waals surface area contributed by atoms with Gasteiger partial charge in [-0.15, -0.1) is 0 Å². The molecule has 4 heteroatoms. The molecule has 1 atom stereocenters. The lowest BCUT2D eigenvalue weighted by Crippen LogP contribution is -2.22. The lowest BCUT2D eigenvalue weighted by atomic mass is 10.1. The number of hydrogen-bond acceptors (Lipinski definition) is 3. The van der Waals surface area contributed by atoms with Gasteiger partial charge in [0.2, 0.25) is 0 Å². The molecule has 0 aliphatic heterocycles. The van der Waals surface area contributed by atoms with E-state index in [4.69, 9.17) is 10.5 Å². The van der Waals surface area contributed by atoms with Crippen LogP contribution >= 0.6 is 0 Å². The van der Waals surface area contributed by atoms with Gasteiger partial charge in [-0.05, 0) is 38.5 Å². The van der Waals surface area contributed by atoms with Crippen molar-refractivity contribution in [2.75, 3.05) is 12.3 Å². The van der Waals surface area contributed by atoms with Crippen LogP contribution in [0.2, 0.25) is 0 Å². The summed E-state index contributed by atoms with van der Waals surface area (Å²) in [6, 6.07) is 5.08. The van der Waals surface area contributed by atoms with Crippen LogP contribution < -0.4 is 15.8 Å². The summed E-state index contributed by atoms with van der Waals surface area (Å²) in [5.74, 6) is 0.463. The van der Waals surface area contributed by atoms with Crippen molar-refractivity contribution in [3.63, 3.8) is 0 Å². The highest BCUT2D eigenvalue weighted by molar-refractivity contribution is 5.95. The molecule has 0 saturated heterocycles. The first kappa shape index (κ1) is 13.4. The molecule has 0 bridgehead atoms. The van der Waals surface area contributed by atoms with Gasteiger partial charge in [-0.1, -0.05) is 6.92 Å². The van der Waals surface area contributed by atoms with Crippen molar-refractivity contribution in [3.8, 4) is 5.75 Å². The van der Waals surface area contributed by atoms with E-state index in [0.717, 1.165) is 6.42 Å². The molecule has 1 aromatic rings. The van der Waals surface area contributed by atoms with Crippen LogP contribution in [0.4, 0.5) is 5.69 Å². The van der Waals surface area contributed by atoms with Crippen molar-refractivity contribution in [3.05, 3.63) is 23.8 Å². The first-order chi connectivity index (χ1) is 8.08. The molecule has 1 unspecified atom stereocenters. The van der Waals surface area contributed by atoms with Gasteiger partial charge >= 0.3 is 0 Å². The average molecular weight is 236 g/mol. The number of carbonyl (C=O) groups excluding carboxylic acids is 1. The molecule has 17 heavy (non-hydrogen) atoms. The summed E-state index contributed by atoms with van der Waals surface area (Å²) >= 11 is 0. The fourth-order valence-corrected chi connectivity index (χ4v) is 1.34. The topological polar surface area (TPSA) is 64.4 Å². The van der Waals surface area contributed by atoms with Crippen molar-refractivity contribution in [1.29, 1.82) is 0 Å². The third-order valence-corrected chi connectivity index (χ3v) is 2.52. The number of nitrogen functional groups attached to an aromatic ring is 1. The van der Waals surface area contributed by atoms with Gasteiger partial charge in [-0.2, -0.15) is 0 Å². The highest BCUT2D eigenvalue weighted by atomic mass is 16.5. The average Bonchev–Trinajstić information content (AvgIpc) is 2.32. The molecule has 1 amide bonds. The third kappa shape index (κ3) is 3.66. The molecule has 94 valence electrons. The van der Waals surface area contributed by atoms with E-state index >= 15 is 0 Å². The Kier molecular flexibility index (Phi) is 4.82. The maximum absolute atomic E-state index is 11.7. The van der Waals surface area contributed by atoms with Gasteiger partial charge in [-0.3, -0.25) is 4.79 Å². The first-order valence-electron chi connectivity index (χ1n) is 5.92. The lowest BCUT2D eigenvalue weighted by molar-refractivity contribution is 0.0955. The SMILES string of the molecule is CCNC(=O)c1ccc(N)c(OC(C)CC)c1. The Balaban J connectivity index is 2.90. The predicted molar refractivity (Wildman–Crippen MR) is 69.2 cm³/mol. The highest BCUT2D eigenvalue weighted by Crippen LogP contribution is 2.24. The summed E-state index contributed by atoms with van der Waals surface area (Å²) in [6.07, 6.45) is 0.979. The van der Waals surface area contributed by atoms with E-state index in [1.807, 2.05) is 20.8 Å². The standard InChI is InChI=1S/C13H20N2O2/c1-4-9(3)17-12-8-10(6-7-11(12)14)13(16)15-5-2/h6-9H,4-5,14H2,1-3H3,(H,15,16). The zero-order valence-electron chi connectivity index (χ0n) is 10.6. The fourth-order valence-electron chi connectivity index (χ4n) is 1.34. The van der Waals surface area contributed by atoms with E-state index in [2.05, 4.69) is 5.32 Å². The summed E-state index contributed by atoms with van der Waals surface area (Å²) in [6.45, 7) is 6.49. The smallest absolute Gasteiger partial charge is 0.251 e. The van der Waals surface area contributed by atoms with Crippen molar-refractivity contribution < 1.29 is 9.53 Å². The van der Waals surface area contributed by atoms with E-state index < -0.39 is 0 Å². The number of anilines is 1. The van der Waals surface area contributed by atoms with Gasteiger partial charge in [0.05, 0.1) is 11.8 Å². The van der Waals surface area contributed by atoms with Crippen LogP contribution in [0.3, 0.4) is 0 Å². The highest BCUT2D eigenvalue weighted by Gasteiger charge is 2.10. The van der Waals surface area contributed by atoms with Crippen molar-refractivity contribution >= 4 is 11.6 Å². The Morgan fingerprint density at radius 2 is 2.18 bits per heavy atom. The predicted octanol–water partition coefficient (Wildman–Crippen LogP) is 2.20. The number of rotatable bonds is 5. The molecule has 0 aliphatic rings. The van der Waals surface area contributed by atoms with Crippen LogP contribution in [0, 0.1) is 0 Å². The number of nitrogens with two attached hydrogens (primary N) is 1. The second-order valence-electron chi connectivity index (χ2n) is 3.95. The van der Waals surface area contributed by atoms with Crippen molar-refractivity contribution in [2.24, 2.45) is 0 Å². The third-order valence-electron chi connectivity index (χ3n) is 2.52. The Morgan fingerprint density at radius 1 is 1.47 bits per heavy atom. The zero-order valence-corrected chi connectivity index (χ0v) is 10.6. The number of nitrogens with one attached hydrogen (secondary N) is 1. The molecule has 0 saturated carbocycles. The molecule has 0 spiro atoms. The molecule has 4 nitrogen and oxygen atoms in total. The van der Waals surface area contributed by atoms with Crippen LogP contribution in [0.25, 0.3) is 0 Å². The van der Waals surface area contributed by atoms with Crippen LogP contribution in [-0.2, 0) is 0 Å². The number of carbonyl (C=O) groups is 1. The van der Waals surface area contributed by atoms with Crippen molar-refractivity contribution in [2.45, 2.75) is 33.3 Å². The number of hydrogen-bond donors (Lipinski definition) is 2. The molecular formula is C13H20N2O2. The van der Waals surface area contributed by atoms with E-state index in [1.54, 1.807) is 18.2 Å². The fraction of sp³-hybridized carbons (Fsp3) is 0.462. The second-order valence-corrected chi connectivity index (χ2v) is 3.95. The first-order valence-corrected chi connectivity index (χ1v) is 5.92. The summed E-state index contributed by atoms with van der Waals surface area (Å²) in [5, 5.41) is 2.74. The summed E-state index contributed by atoms with van der Waals surface area (Å²) in [5.41, 5.74) is 6.93. The minimum Gasteiger partial charge on any atom is -0.489 e. The van der Waals surface area contributed by atoms with Gasteiger partial charge in [0.25, 0.3) is 5.91 Å². The van der Waals surface area contributed by atoms with E-state index in [-0.39, 0.29) is 12.0 Å². The largest absolute Gasteiger partial charge is 0.489 e. The molecule has 0 fully saturated rings. The van der Waals surface area contributed by atoms with E-state index in [0.29, 0.717) is 23.5 Å². The second kappa shape index (κ2) is 6.13. The Morgan fingerprint density at radius 3 is 2.76 bits per heavy atom. The Hall–Kier alpha value is -1.71. The van der Waals surface area contributed by atoms with Crippen LogP contribution in [0.1, 0.15) is 37.6 Å². The van der Waals surface area contributed by atoms with Crippen LogP contribution in [0.5, 0.6) is 5.75 Å². The molecular weight excluding hydrogens is 216 g/mol. The molecule has 3 N–H and O–H groups in total. The van der Waals surface area contributed by atoms with Gasteiger partial charge in [-0.25, -0.2) is 0 Å². The van der Waals surface area contributed by atoms with Gasteiger partial charge in [0, 0.05) is 12.1 Å². The summed E-state index contributed by atoms with van der Waals surface area (Å²) < 4.78 is 5.66. The monoisotopic (exact) mass is 236 g/mol. The van der Waals surface area contributed by atoms with E-state index in [1.165, 1.54) is 0 Å². The van der Waals surface area contributed by atoms with Gasteiger partial charge < -0.3 is 15.8 Å². The maximum Gasteiger partial charge on any atom is 0.251 e. The molecule has 0 heterocycles. The Labute approximate surface area is 102 Å². The minimum absolute atomic E-state index is 0.0850. The van der Waals surface area contributed by atoms with E-state index in [9.17, 15) is 4.79 Å². The zero-order chi connectivity index (χ0) is 12.8. The minimum atomic E-state index is -0.110. The molecule has 0 radical (unpaired) electrons. The number of ether oxygens (including phenoxy) is 1. The normalized spacial score (nSPS) is 11.9. The number of amides is 1. The summed E-state index contributed by atoms with van der Waals surface area (Å²) in [7, 11) is 0. The quantitative estimate of drug-likeness (QED) is 0.770. The molecule has 0 aliphatic carbocycles. The Bertz CT molecular complexity index is 391. The maximum atomic E-state index is 11.7. The lowest BCUT2D eigenvalue weighted by Gasteiger charge is -2.15. The molecule has 1 rings (SSSR count). The molecule has 0 aromatic heterocycles. The number of benzene rings is 1. The van der Waals surface area contributed by atoms with Gasteiger partial charge in [0.1, 0.15) is 5.75 Å². The van der Waals surface area contributed by atoms with Crippen LogP contribution in [-0.4, -0.2) is 18.6 Å².